The summed E-state index contributed by atoms with van der Waals surface area (Å²) in [5.74, 6) is -0.0411. The van der Waals surface area contributed by atoms with Crippen LogP contribution in [0.4, 0.5) is 11.4 Å². The van der Waals surface area contributed by atoms with E-state index in [4.69, 9.17) is 4.74 Å². The second-order valence-corrected chi connectivity index (χ2v) is 12.2. The van der Waals surface area contributed by atoms with Crippen molar-refractivity contribution in [1.29, 1.82) is 0 Å². The zero-order chi connectivity index (χ0) is 27.5. The maximum Gasteiger partial charge on any atom is 0.261 e. The van der Waals surface area contributed by atoms with Gasteiger partial charge in [0, 0.05) is 5.56 Å². The number of ether oxygens (including phenoxy) is 1. The minimum atomic E-state index is -4.18. The molecule has 1 amide bonds. The number of hydrogen-bond donors (Lipinski definition) is 2. The number of hydrogen-bond acceptors (Lipinski definition) is 6. The molecule has 4 aromatic carbocycles. The first-order valence-electron chi connectivity index (χ1n) is 11.5. The molecule has 0 aliphatic rings. The van der Waals surface area contributed by atoms with Crippen LogP contribution >= 0.6 is 0 Å². The topological polar surface area (TPSA) is 119 Å². The second-order valence-electron chi connectivity index (χ2n) is 8.63. The molecule has 4 aromatic rings. The molecule has 0 spiro atoms. The Morgan fingerprint density at radius 2 is 1.26 bits per heavy atom. The lowest BCUT2D eigenvalue weighted by atomic mass is 10.1. The number of carbonyl (C=O) groups is 1. The molecule has 8 nitrogen and oxygen atoms in total. The van der Waals surface area contributed by atoms with Gasteiger partial charge in [-0.3, -0.25) is 9.52 Å². The highest BCUT2D eigenvalue weighted by atomic mass is 32.2. The Labute approximate surface area is 222 Å². The summed E-state index contributed by atoms with van der Waals surface area (Å²) in [6, 6.07) is 22.8. The maximum absolute atomic E-state index is 13.7. The van der Waals surface area contributed by atoms with E-state index in [-0.39, 0.29) is 26.1 Å². The Bertz CT molecular complexity index is 1680. The quantitative estimate of drug-likeness (QED) is 0.311. The lowest BCUT2D eigenvalue weighted by Gasteiger charge is -2.15. The van der Waals surface area contributed by atoms with Crippen LogP contribution in [0.2, 0.25) is 0 Å². The van der Waals surface area contributed by atoms with Gasteiger partial charge in [0.2, 0.25) is 9.84 Å². The number of aryl methyl sites for hydroxylation is 2. The summed E-state index contributed by atoms with van der Waals surface area (Å²) in [4.78, 5) is 12.6. The Morgan fingerprint density at radius 3 is 1.84 bits per heavy atom. The number of rotatable bonds is 8. The summed E-state index contributed by atoms with van der Waals surface area (Å²) in [6.45, 7) is 3.72. The van der Waals surface area contributed by atoms with Crippen LogP contribution in [0.15, 0.2) is 106 Å². The Balaban J connectivity index is 1.76. The van der Waals surface area contributed by atoms with Gasteiger partial charge in [0.05, 0.1) is 33.2 Å². The van der Waals surface area contributed by atoms with Crippen LogP contribution in [-0.2, 0) is 19.9 Å². The van der Waals surface area contributed by atoms with Gasteiger partial charge in [-0.05, 0) is 80.6 Å². The highest BCUT2D eigenvalue weighted by Gasteiger charge is 2.25. The van der Waals surface area contributed by atoms with Crippen molar-refractivity contribution >= 4 is 37.1 Å². The first kappa shape index (κ1) is 26.9. The van der Waals surface area contributed by atoms with Gasteiger partial charge in [-0.25, -0.2) is 16.8 Å². The molecular formula is C28H26N2O6S2. The maximum atomic E-state index is 13.7. The van der Waals surface area contributed by atoms with E-state index in [9.17, 15) is 21.6 Å². The summed E-state index contributed by atoms with van der Waals surface area (Å²) in [5.41, 5.74) is 2.23. The van der Waals surface area contributed by atoms with E-state index in [2.05, 4.69) is 10.0 Å². The van der Waals surface area contributed by atoms with E-state index in [1.807, 2.05) is 13.8 Å². The van der Waals surface area contributed by atoms with E-state index >= 15 is 0 Å². The minimum Gasteiger partial charge on any atom is -0.497 e. The Hall–Kier alpha value is -4.15. The molecular weight excluding hydrogens is 524 g/mol. The monoisotopic (exact) mass is 550 g/mol. The number of amides is 1. The fraction of sp³-hybridized carbons (Fsp3) is 0.107. The number of benzene rings is 4. The van der Waals surface area contributed by atoms with E-state index in [0.29, 0.717) is 11.3 Å². The third-order valence-electron chi connectivity index (χ3n) is 5.79. The lowest BCUT2D eigenvalue weighted by Crippen LogP contribution is -2.17. The summed E-state index contributed by atoms with van der Waals surface area (Å²) >= 11 is 0. The van der Waals surface area contributed by atoms with Crippen LogP contribution in [-0.4, -0.2) is 29.9 Å². The van der Waals surface area contributed by atoms with Gasteiger partial charge in [-0.1, -0.05) is 35.4 Å². The van der Waals surface area contributed by atoms with Crippen LogP contribution < -0.4 is 14.8 Å². The molecule has 0 bridgehead atoms. The number of carbonyl (C=O) groups excluding carboxylic acids is 1. The van der Waals surface area contributed by atoms with Gasteiger partial charge in [-0.2, -0.15) is 0 Å². The number of sulfone groups is 1. The smallest absolute Gasteiger partial charge is 0.261 e. The number of sulfonamides is 1. The van der Waals surface area contributed by atoms with Crippen molar-refractivity contribution in [2.24, 2.45) is 0 Å². The van der Waals surface area contributed by atoms with Crippen molar-refractivity contribution in [3.05, 3.63) is 108 Å². The SMILES string of the molecule is COc1ccc(S(=O)(=O)c2cc(NS(=O)(=O)c3ccc(C)cc3)ccc2NC(=O)c2ccc(C)cc2)cc1. The molecule has 0 unspecified atom stereocenters. The predicted octanol–water partition coefficient (Wildman–Crippen LogP) is 5.20. The standard InChI is InChI=1S/C28H26N2O6S2/c1-19-4-8-21(9-5-19)28(31)29-26-17-10-22(30-38(34,35)25-13-6-20(2)7-14-25)18-27(26)37(32,33)24-15-11-23(36-3)12-16-24/h4-18,30H,1-3H3,(H,29,31). The average Bonchev–Trinajstić information content (AvgIpc) is 2.90. The van der Waals surface area contributed by atoms with Crippen LogP contribution in [0.5, 0.6) is 5.75 Å². The van der Waals surface area contributed by atoms with Crippen LogP contribution in [0, 0.1) is 13.8 Å². The van der Waals surface area contributed by atoms with Gasteiger partial charge in [-0.15, -0.1) is 0 Å². The summed E-state index contributed by atoms with van der Waals surface area (Å²) in [5, 5.41) is 2.65. The largest absolute Gasteiger partial charge is 0.497 e. The molecule has 2 N–H and O–H groups in total. The molecule has 38 heavy (non-hydrogen) atoms. The van der Waals surface area contributed by atoms with Gasteiger partial charge in [0.1, 0.15) is 5.75 Å². The van der Waals surface area contributed by atoms with E-state index < -0.39 is 25.8 Å². The number of anilines is 2. The van der Waals surface area contributed by atoms with Gasteiger partial charge in [0.25, 0.3) is 15.9 Å². The molecule has 0 aliphatic carbocycles. The molecule has 0 fully saturated rings. The average molecular weight is 551 g/mol. The Morgan fingerprint density at radius 1 is 0.711 bits per heavy atom. The first-order valence-corrected chi connectivity index (χ1v) is 14.5. The number of nitrogens with one attached hydrogen (secondary N) is 2. The molecule has 196 valence electrons. The molecule has 0 aliphatic heterocycles. The fourth-order valence-electron chi connectivity index (χ4n) is 3.62. The van der Waals surface area contributed by atoms with Crippen LogP contribution in [0.25, 0.3) is 0 Å². The minimum absolute atomic E-state index is 0.00433. The summed E-state index contributed by atoms with van der Waals surface area (Å²) in [6.07, 6.45) is 0. The zero-order valence-corrected chi connectivity index (χ0v) is 22.6. The third kappa shape index (κ3) is 5.87. The van der Waals surface area contributed by atoms with Crippen LogP contribution in [0.1, 0.15) is 21.5 Å². The van der Waals surface area contributed by atoms with Gasteiger partial charge in [0.15, 0.2) is 0 Å². The van der Waals surface area contributed by atoms with Crippen molar-refractivity contribution in [2.45, 2.75) is 28.5 Å². The summed E-state index contributed by atoms with van der Waals surface area (Å²) < 4.78 is 60.8. The number of methoxy groups -OCH3 is 1. The zero-order valence-electron chi connectivity index (χ0n) is 20.9. The van der Waals surface area contributed by atoms with E-state index in [1.165, 1.54) is 61.7 Å². The second kappa shape index (κ2) is 10.7. The van der Waals surface area contributed by atoms with E-state index in [0.717, 1.165) is 11.1 Å². The first-order chi connectivity index (χ1) is 18.0. The molecule has 0 heterocycles. The molecule has 0 aromatic heterocycles. The highest BCUT2D eigenvalue weighted by molar-refractivity contribution is 7.93. The van der Waals surface area contributed by atoms with Gasteiger partial charge >= 0.3 is 0 Å². The van der Waals surface area contributed by atoms with Crippen molar-refractivity contribution < 1.29 is 26.4 Å². The molecule has 0 radical (unpaired) electrons. The van der Waals surface area contributed by atoms with Crippen molar-refractivity contribution in [2.75, 3.05) is 17.1 Å². The Kier molecular flexibility index (Phi) is 7.56. The van der Waals surface area contributed by atoms with Crippen molar-refractivity contribution in [1.82, 2.24) is 0 Å². The van der Waals surface area contributed by atoms with Crippen molar-refractivity contribution in [3.8, 4) is 5.75 Å². The summed E-state index contributed by atoms with van der Waals surface area (Å²) in [7, 11) is -6.72. The fourth-order valence-corrected chi connectivity index (χ4v) is 6.11. The third-order valence-corrected chi connectivity index (χ3v) is 8.99. The van der Waals surface area contributed by atoms with E-state index in [1.54, 1.807) is 36.4 Å². The van der Waals surface area contributed by atoms with Gasteiger partial charge < -0.3 is 10.1 Å². The van der Waals surface area contributed by atoms with Crippen LogP contribution in [0.3, 0.4) is 0 Å². The molecule has 4 rings (SSSR count). The molecule has 0 saturated heterocycles. The normalized spacial score (nSPS) is 11.6. The van der Waals surface area contributed by atoms with Crippen molar-refractivity contribution in [3.63, 3.8) is 0 Å². The molecule has 0 atom stereocenters. The molecule has 10 heteroatoms. The predicted molar refractivity (Wildman–Crippen MR) is 146 cm³/mol. The lowest BCUT2D eigenvalue weighted by molar-refractivity contribution is 0.102. The highest BCUT2D eigenvalue weighted by Crippen LogP contribution is 2.32. The molecule has 0 saturated carbocycles.